The van der Waals surface area contributed by atoms with E-state index in [4.69, 9.17) is 12.2 Å². The van der Waals surface area contributed by atoms with E-state index in [0.717, 1.165) is 16.8 Å². The van der Waals surface area contributed by atoms with Crippen molar-refractivity contribution in [3.05, 3.63) is 86.2 Å². The largest absolute Gasteiger partial charge is 0.494 e. The molecule has 3 rings (SSSR count). The summed E-state index contributed by atoms with van der Waals surface area (Å²) < 4.78 is 14.5. The van der Waals surface area contributed by atoms with Gasteiger partial charge in [0, 0.05) is 0 Å². The maximum atomic E-state index is 13.1. The molecule has 0 radical (unpaired) electrons. The number of aromatic hydroxyl groups is 1. The van der Waals surface area contributed by atoms with Gasteiger partial charge in [0.25, 0.3) is 5.56 Å². The number of benzene rings is 2. The van der Waals surface area contributed by atoms with Crippen LogP contribution in [0.4, 0.5) is 10.1 Å². The first kappa shape index (κ1) is 18.5. The second-order valence-corrected chi connectivity index (χ2v) is 6.28. The molecule has 1 aromatic heterocycles. The Hall–Kier alpha value is -3.26. The van der Waals surface area contributed by atoms with Crippen molar-refractivity contribution in [3.8, 4) is 5.88 Å². The van der Waals surface area contributed by atoms with Gasteiger partial charge in [0.1, 0.15) is 11.4 Å². The van der Waals surface area contributed by atoms with Gasteiger partial charge in [-0.05, 0) is 48.5 Å². The number of nitrogens with one attached hydrogen (secondary N) is 2. The molecule has 3 aromatic rings. The van der Waals surface area contributed by atoms with E-state index >= 15 is 0 Å². The fourth-order valence-electron chi connectivity index (χ4n) is 2.48. The van der Waals surface area contributed by atoms with E-state index in [2.05, 4.69) is 15.5 Å². The Labute approximate surface area is 159 Å². The van der Waals surface area contributed by atoms with Crippen molar-refractivity contribution < 1.29 is 9.50 Å². The number of nitrogens with zero attached hydrogens (tertiary/aromatic N) is 2. The Balaban J connectivity index is 1.90. The van der Waals surface area contributed by atoms with Crippen molar-refractivity contribution in [1.29, 1.82) is 0 Å². The van der Waals surface area contributed by atoms with Gasteiger partial charge in [-0.2, -0.15) is 5.10 Å². The molecular formula is C19H17FN4O2S. The van der Waals surface area contributed by atoms with Crippen LogP contribution < -0.4 is 11.0 Å². The van der Waals surface area contributed by atoms with E-state index in [1.54, 1.807) is 12.1 Å². The minimum atomic E-state index is -0.553. The van der Waals surface area contributed by atoms with Gasteiger partial charge in [-0.15, -0.1) is 0 Å². The molecule has 0 unspecified atom stereocenters. The number of para-hydroxylation sites is 1. The second kappa shape index (κ2) is 7.96. The van der Waals surface area contributed by atoms with Crippen molar-refractivity contribution in [2.75, 3.05) is 5.43 Å². The summed E-state index contributed by atoms with van der Waals surface area (Å²) in [7, 11) is 0. The third kappa shape index (κ3) is 4.29. The number of H-pyrrole nitrogens is 1. The average Bonchev–Trinajstić information content (AvgIpc) is 2.64. The van der Waals surface area contributed by atoms with E-state index in [9.17, 15) is 14.3 Å². The molecule has 8 heteroatoms. The molecule has 27 heavy (non-hydrogen) atoms. The van der Waals surface area contributed by atoms with Crippen LogP contribution in [0.2, 0.25) is 0 Å². The number of aryl methyl sites for hydroxylation is 1. The highest BCUT2D eigenvalue weighted by Gasteiger charge is 2.11. The topological polar surface area (TPSA) is 82.4 Å². The van der Waals surface area contributed by atoms with Gasteiger partial charge in [0.05, 0.1) is 18.4 Å². The van der Waals surface area contributed by atoms with E-state index in [-0.39, 0.29) is 28.6 Å². The van der Waals surface area contributed by atoms with Crippen LogP contribution in [-0.2, 0) is 6.54 Å². The third-order valence-corrected chi connectivity index (χ3v) is 4.31. The predicted molar refractivity (Wildman–Crippen MR) is 105 cm³/mol. The molecule has 0 aliphatic rings. The zero-order valence-electron chi connectivity index (χ0n) is 14.4. The summed E-state index contributed by atoms with van der Waals surface area (Å²) in [5.74, 6) is -0.674. The average molecular weight is 384 g/mol. The summed E-state index contributed by atoms with van der Waals surface area (Å²) in [4.78, 5) is 14.7. The molecule has 1 heterocycles. The molecule has 0 saturated heterocycles. The molecule has 0 saturated carbocycles. The first-order valence-corrected chi connectivity index (χ1v) is 8.52. The van der Waals surface area contributed by atoms with Crippen LogP contribution in [0.1, 0.15) is 16.7 Å². The summed E-state index contributed by atoms with van der Waals surface area (Å²) in [6.45, 7) is 2.10. The van der Waals surface area contributed by atoms with Gasteiger partial charge in [0.15, 0.2) is 4.77 Å². The molecular weight excluding hydrogens is 367 g/mol. The van der Waals surface area contributed by atoms with E-state index in [1.165, 1.54) is 22.9 Å². The van der Waals surface area contributed by atoms with Gasteiger partial charge >= 0.3 is 0 Å². The fourth-order valence-corrected chi connectivity index (χ4v) is 2.72. The Kier molecular flexibility index (Phi) is 5.46. The monoisotopic (exact) mass is 384 g/mol. The quantitative estimate of drug-likeness (QED) is 0.357. The summed E-state index contributed by atoms with van der Waals surface area (Å²) in [5, 5.41) is 14.5. The molecule has 3 N–H and O–H groups in total. The highest BCUT2D eigenvalue weighted by Crippen LogP contribution is 2.16. The van der Waals surface area contributed by atoms with E-state index in [1.807, 2.05) is 31.2 Å². The number of hydrazone groups is 1. The van der Waals surface area contributed by atoms with Crippen LogP contribution in [0.15, 0.2) is 58.4 Å². The molecule has 6 nitrogen and oxygen atoms in total. The number of halogens is 1. The molecule has 0 aliphatic heterocycles. The lowest BCUT2D eigenvalue weighted by atomic mass is 10.2. The summed E-state index contributed by atoms with van der Waals surface area (Å²) >= 11 is 5.13. The van der Waals surface area contributed by atoms with Gasteiger partial charge in [-0.25, -0.2) is 4.39 Å². The minimum absolute atomic E-state index is 0.0354. The van der Waals surface area contributed by atoms with E-state index < -0.39 is 5.56 Å². The van der Waals surface area contributed by atoms with Crippen LogP contribution in [0.5, 0.6) is 5.88 Å². The molecule has 0 fully saturated rings. The van der Waals surface area contributed by atoms with E-state index in [0.29, 0.717) is 0 Å². The molecule has 0 atom stereocenters. The zero-order chi connectivity index (χ0) is 19.4. The molecule has 0 amide bonds. The van der Waals surface area contributed by atoms with Gasteiger partial charge < -0.3 is 5.11 Å². The first-order valence-electron chi connectivity index (χ1n) is 8.11. The van der Waals surface area contributed by atoms with Crippen LogP contribution in [0.25, 0.3) is 0 Å². The maximum absolute atomic E-state index is 13.1. The van der Waals surface area contributed by atoms with Crippen LogP contribution in [0.3, 0.4) is 0 Å². The van der Waals surface area contributed by atoms with Crippen LogP contribution >= 0.6 is 12.2 Å². The van der Waals surface area contributed by atoms with Crippen molar-refractivity contribution in [1.82, 2.24) is 9.55 Å². The maximum Gasteiger partial charge on any atom is 0.264 e. The standard InChI is InChI=1S/C19H17FN4O2S/c1-12-4-2-3-5-16(12)23-21-10-15-17(25)22-19(27)24(18(15)26)11-13-6-8-14(20)9-7-13/h2-10,23,26H,11H2,1H3,(H,22,25,27). The number of aromatic amines is 1. The SMILES string of the molecule is Cc1ccccc1NN=Cc1c(O)n(Cc2ccc(F)cc2)c(=S)[nH]c1=O. The molecule has 0 aliphatic carbocycles. The number of aromatic nitrogens is 2. The number of anilines is 1. The Morgan fingerprint density at radius 1 is 1.26 bits per heavy atom. The highest BCUT2D eigenvalue weighted by molar-refractivity contribution is 7.71. The smallest absolute Gasteiger partial charge is 0.264 e. The van der Waals surface area contributed by atoms with Crippen LogP contribution in [0, 0.1) is 17.5 Å². The molecule has 2 aromatic carbocycles. The van der Waals surface area contributed by atoms with Crippen molar-refractivity contribution in [2.45, 2.75) is 13.5 Å². The normalized spacial score (nSPS) is 11.0. The second-order valence-electron chi connectivity index (χ2n) is 5.89. The van der Waals surface area contributed by atoms with Gasteiger partial charge in [-0.1, -0.05) is 30.3 Å². The Bertz CT molecular complexity index is 1100. The highest BCUT2D eigenvalue weighted by atomic mass is 32.1. The summed E-state index contributed by atoms with van der Waals surface area (Å²) in [5.41, 5.74) is 4.73. The van der Waals surface area contributed by atoms with Crippen molar-refractivity contribution >= 4 is 24.1 Å². The molecule has 0 bridgehead atoms. The molecule has 138 valence electrons. The van der Waals surface area contributed by atoms with Gasteiger partial charge in [0.2, 0.25) is 5.88 Å². The molecule has 0 spiro atoms. The number of rotatable bonds is 5. The van der Waals surface area contributed by atoms with Gasteiger partial charge in [-0.3, -0.25) is 19.8 Å². The lowest BCUT2D eigenvalue weighted by molar-refractivity contribution is 0.411. The lowest BCUT2D eigenvalue weighted by Gasteiger charge is -2.11. The Morgan fingerprint density at radius 3 is 2.67 bits per heavy atom. The fraction of sp³-hybridized carbons (Fsp3) is 0.105. The lowest BCUT2D eigenvalue weighted by Crippen LogP contribution is -2.19. The summed E-state index contributed by atoms with van der Waals surface area (Å²) in [6, 6.07) is 13.3. The number of hydrogen-bond acceptors (Lipinski definition) is 5. The van der Waals surface area contributed by atoms with Crippen molar-refractivity contribution in [2.24, 2.45) is 5.10 Å². The van der Waals surface area contributed by atoms with Crippen molar-refractivity contribution in [3.63, 3.8) is 0 Å². The Morgan fingerprint density at radius 2 is 1.96 bits per heavy atom. The van der Waals surface area contributed by atoms with Crippen LogP contribution in [-0.4, -0.2) is 20.9 Å². The summed E-state index contributed by atoms with van der Waals surface area (Å²) in [6.07, 6.45) is 1.23. The zero-order valence-corrected chi connectivity index (χ0v) is 15.3. The predicted octanol–water partition coefficient (Wildman–Crippen LogP) is 3.55. The first-order chi connectivity index (χ1) is 13.0. The third-order valence-electron chi connectivity index (χ3n) is 3.98. The minimum Gasteiger partial charge on any atom is -0.494 e. The number of hydrogen-bond donors (Lipinski definition) is 3.